The van der Waals surface area contributed by atoms with Gasteiger partial charge in [-0.25, -0.2) is 0 Å². The molecule has 0 saturated carbocycles. The molecule has 1 heterocycles. The molecule has 2 rings (SSSR count). The van der Waals surface area contributed by atoms with Crippen LogP contribution in [0.15, 0.2) is 40.6 Å². The van der Waals surface area contributed by atoms with E-state index in [1.807, 2.05) is 30.5 Å². The van der Waals surface area contributed by atoms with Gasteiger partial charge in [0.05, 0.1) is 17.9 Å². The third kappa shape index (κ3) is 4.34. The van der Waals surface area contributed by atoms with E-state index >= 15 is 0 Å². The molecule has 0 unspecified atom stereocenters. The van der Waals surface area contributed by atoms with E-state index in [-0.39, 0.29) is 11.7 Å². The van der Waals surface area contributed by atoms with Gasteiger partial charge >= 0.3 is 0 Å². The van der Waals surface area contributed by atoms with Crippen molar-refractivity contribution >= 4 is 34.9 Å². The van der Waals surface area contributed by atoms with E-state index in [9.17, 15) is 9.59 Å². The van der Waals surface area contributed by atoms with E-state index in [2.05, 4.69) is 5.32 Å². The summed E-state index contributed by atoms with van der Waals surface area (Å²) in [5, 5.41) is 4.92. The number of benzene rings is 1. The molecule has 21 heavy (non-hydrogen) atoms. The number of hydrogen-bond donors (Lipinski definition) is 2. The number of hydrogen-bond acceptors (Lipinski definition) is 4. The molecule has 0 bridgehead atoms. The van der Waals surface area contributed by atoms with E-state index in [0.717, 1.165) is 9.77 Å². The number of nitrogens with two attached hydrogens (primary N) is 1. The van der Waals surface area contributed by atoms with Crippen LogP contribution in [0.3, 0.4) is 0 Å². The summed E-state index contributed by atoms with van der Waals surface area (Å²) >= 11 is 2.90. The number of nitrogens with one attached hydrogen (secondary N) is 1. The summed E-state index contributed by atoms with van der Waals surface area (Å²) in [5.74, 6) is -0.381. The Labute approximate surface area is 131 Å². The maximum atomic E-state index is 12.3. The second-order valence-electron chi connectivity index (χ2n) is 4.46. The first-order valence-corrected chi connectivity index (χ1v) is 8.25. The zero-order valence-electron chi connectivity index (χ0n) is 11.6. The molecular formula is C15H16N2O2S2. The first-order valence-electron chi connectivity index (χ1n) is 6.39. The third-order valence-corrected chi connectivity index (χ3v) is 5.00. The van der Waals surface area contributed by atoms with E-state index in [1.165, 1.54) is 17.3 Å². The van der Waals surface area contributed by atoms with E-state index < -0.39 is 5.91 Å². The third-order valence-electron chi connectivity index (χ3n) is 2.88. The monoisotopic (exact) mass is 320 g/mol. The van der Waals surface area contributed by atoms with Crippen molar-refractivity contribution in [3.05, 3.63) is 51.7 Å². The Morgan fingerprint density at radius 3 is 2.71 bits per heavy atom. The topological polar surface area (TPSA) is 72.2 Å². The summed E-state index contributed by atoms with van der Waals surface area (Å²) < 4.78 is 0. The SMILES string of the molecule is Cc1ccsc1CNC(=O)c1ccccc1SCC(N)=O. The lowest BCUT2D eigenvalue weighted by Gasteiger charge is -2.09. The number of thiophene rings is 1. The predicted molar refractivity (Wildman–Crippen MR) is 86.6 cm³/mol. The van der Waals surface area contributed by atoms with Gasteiger partial charge in [0.15, 0.2) is 0 Å². The van der Waals surface area contributed by atoms with Crippen molar-refractivity contribution in [1.29, 1.82) is 0 Å². The molecule has 0 spiro atoms. The Balaban J connectivity index is 2.04. The van der Waals surface area contributed by atoms with Crippen LogP contribution in [-0.2, 0) is 11.3 Å². The second kappa shape index (κ2) is 7.28. The van der Waals surface area contributed by atoms with Gasteiger partial charge in [-0.2, -0.15) is 0 Å². The average molecular weight is 320 g/mol. The van der Waals surface area contributed by atoms with Crippen molar-refractivity contribution in [1.82, 2.24) is 5.32 Å². The normalized spacial score (nSPS) is 10.3. The highest BCUT2D eigenvalue weighted by Gasteiger charge is 2.12. The van der Waals surface area contributed by atoms with Crippen LogP contribution in [0.1, 0.15) is 20.8 Å². The van der Waals surface area contributed by atoms with Gasteiger partial charge in [0.2, 0.25) is 5.91 Å². The van der Waals surface area contributed by atoms with Gasteiger partial charge in [0, 0.05) is 9.77 Å². The van der Waals surface area contributed by atoms with E-state index in [4.69, 9.17) is 5.73 Å². The zero-order valence-corrected chi connectivity index (χ0v) is 13.2. The largest absolute Gasteiger partial charge is 0.369 e. The highest BCUT2D eigenvalue weighted by Crippen LogP contribution is 2.22. The lowest BCUT2D eigenvalue weighted by molar-refractivity contribution is -0.115. The number of amides is 2. The fourth-order valence-electron chi connectivity index (χ4n) is 1.77. The van der Waals surface area contributed by atoms with E-state index in [0.29, 0.717) is 12.1 Å². The molecule has 0 saturated heterocycles. The van der Waals surface area contributed by atoms with Crippen molar-refractivity contribution in [2.75, 3.05) is 5.75 Å². The summed E-state index contributed by atoms with van der Waals surface area (Å²) in [7, 11) is 0. The van der Waals surface area contributed by atoms with Gasteiger partial charge in [0.1, 0.15) is 0 Å². The van der Waals surface area contributed by atoms with Crippen LogP contribution >= 0.6 is 23.1 Å². The van der Waals surface area contributed by atoms with Gasteiger partial charge in [-0.15, -0.1) is 23.1 Å². The second-order valence-corrected chi connectivity index (χ2v) is 6.48. The standard InChI is InChI=1S/C15H16N2O2S2/c1-10-6-7-20-13(10)8-17-15(19)11-4-2-3-5-12(11)21-9-14(16)18/h2-7H,8-9H2,1H3,(H2,16,18)(H,17,19). The van der Waals surface area contributed by atoms with Crippen LogP contribution in [0.4, 0.5) is 0 Å². The van der Waals surface area contributed by atoms with Gasteiger partial charge in [-0.3, -0.25) is 9.59 Å². The first-order chi connectivity index (χ1) is 10.1. The maximum Gasteiger partial charge on any atom is 0.252 e. The molecule has 0 atom stereocenters. The number of carbonyl (C=O) groups excluding carboxylic acids is 2. The Bertz CT molecular complexity index is 653. The Morgan fingerprint density at radius 1 is 1.29 bits per heavy atom. The Hall–Kier alpha value is -1.79. The minimum atomic E-state index is -0.399. The van der Waals surface area contributed by atoms with Crippen LogP contribution in [0.5, 0.6) is 0 Å². The average Bonchev–Trinajstić information content (AvgIpc) is 2.88. The van der Waals surface area contributed by atoms with Gasteiger partial charge in [-0.1, -0.05) is 12.1 Å². The molecule has 1 aromatic heterocycles. The number of aryl methyl sites for hydroxylation is 1. The zero-order chi connectivity index (χ0) is 15.2. The van der Waals surface area contributed by atoms with Crippen molar-refractivity contribution in [2.45, 2.75) is 18.4 Å². The summed E-state index contributed by atoms with van der Waals surface area (Å²) in [6.07, 6.45) is 0. The molecule has 4 nitrogen and oxygen atoms in total. The maximum absolute atomic E-state index is 12.3. The molecule has 0 radical (unpaired) electrons. The molecule has 3 N–H and O–H groups in total. The molecule has 0 fully saturated rings. The van der Waals surface area contributed by atoms with Crippen LogP contribution in [0, 0.1) is 6.92 Å². The van der Waals surface area contributed by atoms with Crippen LogP contribution in [0.25, 0.3) is 0 Å². The fraction of sp³-hybridized carbons (Fsp3) is 0.200. The van der Waals surface area contributed by atoms with Crippen molar-refractivity contribution < 1.29 is 9.59 Å². The first kappa shape index (κ1) is 15.6. The Kier molecular flexibility index (Phi) is 5.41. The number of primary amides is 1. The summed E-state index contributed by atoms with van der Waals surface area (Å²) in [6, 6.07) is 9.24. The molecule has 0 aliphatic heterocycles. The molecule has 110 valence electrons. The molecule has 0 aliphatic carbocycles. The van der Waals surface area contributed by atoms with Crippen LogP contribution < -0.4 is 11.1 Å². The number of carbonyl (C=O) groups is 2. The lowest BCUT2D eigenvalue weighted by Crippen LogP contribution is -2.23. The fourth-order valence-corrected chi connectivity index (χ4v) is 3.40. The van der Waals surface area contributed by atoms with Crippen LogP contribution in [0.2, 0.25) is 0 Å². The summed E-state index contributed by atoms with van der Waals surface area (Å²) in [6.45, 7) is 2.53. The highest BCUT2D eigenvalue weighted by molar-refractivity contribution is 8.00. The van der Waals surface area contributed by atoms with Gasteiger partial charge < -0.3 is 11.1 Å². The minimum absolute atomic E-state index is 0.143. The molecule has 2 amide bonds. The molecule has 0 aliphatic rings. The van der Waals surface area contributed by atoms with Crippen molar-refractivity contribution in [2.24, 2.45) is 5.73 Å². The summed E-state index contributed by atoms with van der Waals surface area (Å²) in [5.41, 5.74) is 6.89. The van der Waals surface area contributed by atoms with Crippen LogP contribution in [-0.4, -0.2) is 17.6 Å². The molecule has 6 heteroatoms. The quantitative estimate of drug-likeness (QED) is 0.804. The number of rotatable bonds is 6. The molecule has 1 aromatic carbocycles. The van der Waals surface area contributed by atoms with Crippen molar-refractivity contribution in [3.63, 3.8) is 0 Å². The van der Waals surface area contributed by atoms with Gasteiger partial charge in [-0.05, 0) is 36.1 Å². The Morgan fingerprint density at radius 2 is 2.05 bits per heavy atom. The summed E-state index contributed by atoms with van der Waals surface area (Å²) in [4.78, 5) is 25.1. The highest BCUT2D eigenvalue weighted by atomic mass is 32.2. The van der Waals surface area contributed by atoms with E-state index in [1.54, 1.807) is 23.5 Å². The molecule has 2 aromatic rings. The number of thioether (sulfide) groups is 1. The lowest BCUT2D eigenvalue weighted by atomic mass is 10.2. The smallest absolute Gasteiger partial charge is 0.252 e. The van der Waals surface area contributed by atoms with Gasteiger partial charge in [0.25, 0.3) is 5.91 Å². The molecular weight excluding hydrogens is 304 g/mol. The minimum Gasteiger partial charge on any atom is -0.369 e. The predicted octanol–water partition coefficient (Wildman–Crippen LogP) is 2.56. The van der Waals surface area contributed by atoms with Crippen molar-refractivity contribution in [3.8, 4) is 0 Å².